The summed E-state index contributed by atoms with van der Waals surface area (Å²) >= 11 is 0. The van der Waals surface area contributed by atoms with Crippen LogP contribution in [0, 0.1) is 19.8 Å². The molecule has 0 aliphatic carbocycles. The van der Waals surface area contributed by atoms with Crippen LogP contribution in [0.2, 0.25) is 0 Å². The molecule has 1 aromatic rings. The molecule has 3 heteroatoms. The van der Waals surface area contributed by atoms with Gasteiger partial charge >= 0.3 is 0 Å². The number of aliphatic imine (C=N–C) groups is 1. The summed E-state index contributed by atoms with van der Waals surface area (Å²) in [5.41, 5.74) is 4.49. The monoisotopic (exact) mass is 189 g/mol. The lowest BCUT2D eigenvalue weighted by molar-refractivity contribution is 0.876. The van der Waals surface area contributed by atoms with Gasteiger partial charge in [0.05, 0.1) is 18.0 Å². The van der Waals surface area contributed by atoms with E-state index in [4.69, 9.17) is 0 Å². The van der Waals surface area contributed by atoms with Crippen molar-refractivity contribution in [2.75, 3.05) is 0 Å². The van der Waals surface area contributed by atoms with E-state index < -0.39 is 0 Å². The van der Waals surface area contributed by atoms with Crippen LogP contribution in [0.5, 0.6) is 0 Å². The summed E-state index contributed by atoms with van der Waals surface area (Å²) in [6.45, 7) is 9.03. The van der Waals surface area contributed by atoms with Gasteiger partial charge in [0.2, 0.25) is 0 Å². The van der Waals surface area contributed by atoms with E-state index in [-0.39, 0.29) is 0 Å². The Balaban J connectivity index is 2.55. The van der Waals surface area contributed by atoms with E-state index >= 15 is 0 Å². The Morgan fingerprint density at radius 1 is 1.14 bits per heavy atom. The summed E-state index contributed by atoms with van der Waals surface area (Å²) in [6, 6.07) is 0. The number of rotatable bonds is 1. The minimum atomic E-state index is 0.449. The van der Waals surface area contributed by atoms with E-state index in [2.05, 4.69) is 28.8 Å². The first-order valence-electron chi connectivity index (χ1n) is 4.98. The average Bonchev–Trinajstić information content (AvgIpc) is 2.47. The summed E-state index contributed by atoms with van der Waals surface area (Å²) in [5, 5.41) is 0. The number of aryl methyl sites for hydroxylation is 2. The fourth-order valence-electron chi connectivity index (χ4n) is 1.83. The highest BCUT2D eigenvalue weighted by Crippen LogP contribution is 2.22. The zero-order chi connectivity index (χ0) is 10.3. The molecule has 14 heavy (non-hydrogen) atoms. The van der Waals surface area contributed by atoms with E-state index in [9.17, 15) is 0 Å². The lowest BCUT2D eigenvalue weighted by atomic mass is 10.0. The van der Waals surface area contributed by atoms with Gasteiger partial charge in [0.15, 0.2) is 0 Å². The second kappa shape index (κ2) is 3.15. The van der Waals surface area contributed by atoms with Crippen LogP contribution in [0.25, 0.3) is 0 Å². The van der Waals surface area contributed by atoms with Crippen molar-refractivity contribution >= 4 is 5.71 Å². The van der Waals surface area contributed by atoms with Crippen molar-refractivity contribution < 1.29 is 0 Å². The number of fused-ring (bicyclic) bond motifs is 1. The molecule has 0 amide bonds. The Kier molecular flexibility index (Phi) is 2.10. The van der Waals surface area contributed by atoms with E-state index in [1.807, 2.05) is 13.8 Å². The van der Waals surface area contributed by atoms with Gasteiger partial charge in [-0.2, -0.15) is 0 Å². The quantitative estimate of drug-likeness (QED) is 0.678. The van der Waals surface area contributed by atoms with Gasteiger partial charge in [0.1, 0.15) is 5.82 Å². The van der Waals surface area contributed by atoms with Crippen LogP contribution < -0.4 is 0 Å². The van der Waals surface area contributed by atoms with Crippen LogP contribution in [0.1, 0.15) is 36.6 Å². The third kappa shape index (κ3) is 1.33. The zero-order valence-electron chi connectivity index (χ0n) is 9.13. The maximum Gasteiger partial charge on any atom is 0.126 e. The highest BCUT2D eigenvalue weighted by Gasteiger charge is 2.22. The molecule has 74 valence electrons. The van der Waals surface area contributed by atoms with Crippen molar-refractivity contribution in [2.45, 2.75) is 34.2 Å². The lowest BCUT2D eigenvalue weighted by Crippen LogP contribution is -2.11. The van der Waals surface area contributed by atoms with E-state index in [1.165, 1.54) is 5.56 Å². The maximum absolute atomic E-state index is 4.52. The molecule has 0 bridgehead atoms. The van der Waals surface area contributed by atoms with Crippen LogP contribution >= 0.6 is 0 Å². The molecule has 0 radical (unpaired) electrons. The largest absolute Gasteiger partial charge is 0.282 e. The minimum Gasteiger partial charge on any atom is -0.282 e. The molecule has 0 unspecified atom stereocenters. The molecule has 2 rings (SSSR count). The Morgan fingerprint density at radius 3 is 2.50 bits per heavy atom. The van der Waals surface area contributed by atoms with Crippen molar-refractivity contribution in [3.8, 4) is 0 Å². The second-order valence-corrected chi connectivity index (χ2v) is 4.04. The van der Waals surface area contributed by atoms with Crippen LogP contribution in [0.4, 0.5) is 0 Å². The molecule has 1 aromatic heterocycles. The van der Waals surface area contributed by atoms with E-state index in [1.54, 1.807) is 0 Å². The number of hydrogen-bond acceptors (Lipinski definition) is 3. The summed E-state index contributed by atoms with van der Waals surface area (Å²) in [5.74, 6) is 1.29. The topological polar surface area (TPSA) is 38.1 Å². The summed E-state index contributed by atoms with van der Waals surface area (Å²) in [4.78, 5) is 13.3. The van der Waals surface area contributed by atoms with Crippen LogP contribution in [0.15, 0.2) is 4.99 Å². The van der Waals surface area contributed by atoms with Crippen molar-refractivity contribution in [1.82, 2.24) is 9.97 Å². The number of hydrogen-bond donors (Lipinski definition) is 0. The molecule has 0 fully saturated rings. The van der Waals surface area contributed by atoms with Crippen molar-refractivity contribution in [3.63, 3.8) is 0 Å². The summed E-state index contributed by atoms with van der Waals surface area (Å²) in [6.07, 6.45) is 0. The molecule has 0 N–H and O–H groups in total. The number of nitrogens with zero attached hydrogens (tertiary/aromatic N) is 3. The minimum absolute atomic E-state index is 0.449. The molecule has 3 nitrogen and oxygen atoms in total. The van der Waals surface area contributed by atoms with Gasteiger partial charge in [0.25, 0.3) is 0 Å². The van der Waals surface area contributed by atoms with Crippen molar-refractivity contribution in [3.05, 3.63) is 22.8 Å². The summed E-state index contributed by atoms with van der Waals surface area (Å²) in [7, 11) is 0. The predicted octanol–water partition coefficient (Wildman–Crippen LogP) is 2.05. The van der Waals surface area contributed by atoms with E-state index in [0.29, 0.717) is 5.92 Å². The molecule has 0 spiro atoms. The fraction of sp³-hybridized carbons (Fsp3) is 0.545. The Bertz CT molecular complexity index is 405. The van der Waals surface area contributed by atoms with Gasteiger partial charge in [-0.25, -0.2) is 9.97 Å². The van der Waals surface area contributed by atoms with Gasteiger partial charge in [-0.3, -0.25) is 4.99 Å². The van der Waals surface area contributed by atoms with E-state index in [0.717, 1.165) is 29.5 Å². The first-order chi connectivity index (χ1) is 6.59. The Morgan fingerprint density at radius 2 is 1.86 bits per heavy atom. The molecule has 0 atom stereocenters. The SMILES string of the molecule is Cc1nc(C)c2c(n1)C(C(C)C)=NC2. The Labute approximate surface area is 84.3 Å². The average molecular weight is 189 g/mol. The van der Waals surface area contributed by atoms with Gasteiger partial charge in [-0.05, 0) is 19.8 Å². The van der Waals surface area contributed by atoms with Crippen LogP contribution in [0.3, 0.4) is 0 Å². The smallest absolute Gasteiger partial charge is 0.126 e. The van der Waals surface area contributed by atoms with Gasteiger partial charge in [-0.1, -0.05) is 13.8 Å². The number of aromatic nitrogens is 2. The first kappa shape index (κ1) is 9.31. The highest BCUT2D eigenvalue weighted by molar-refractivity contribution is 6.03. The Hall–Kier alpha value is -1.25. The fourth-order valence-corrected chi connectivity index (χ4v) is 1.83. The first-order valence-corrected chi connectivity index (χ1v) is 4.98. The lowest BCUT2D eigenvalue weighted by Gasteiger charge is -2.07. The second-order valence-electron chi connectivity index (χ2n) is 4.04. The molecule has 1 aliphatic heterocycles. The molecular formula is C11H15N3. The van der Waals surface area contributed by atoms with Crippen LogP contribution in [-0.2, 0) is 6.54 Å². The summed E-state index contributed by atoms with van der Waals surface area (Å²) < 4.78 is 0. The van der Waals surface area contributed by atoms with Gasteiger partial charge in [-0.15, -0.1) is 0 Å². The van der Waals surface area contributed by atoms with Crippen molar-refractivity contribution in [2.24, 2.45) is 10.9 Å². The molecule has 1 aliphatic rings. The van der Waals surface area contributed by atoms with Gasteiger partial charge in [0, 0.05) is 11.3 Å². The standard InChI is InChI=1S/C11H15N3/c1-6(2)10-11-9(5-12-10)7(3)13-8(4)14-11/h6H,5H2,1-4H3. The molecule has 0 aromatic carbocycles. The normalized spacial score (nSPS) is 14.5. The third-order valence-electron chi connectivity index (χ3n) is 2.52. The zero-order valence-corrected chi connectivity index (χ0v) is 9.13. The maximum atomic E-state index is 4.52. The molecular weight excluding hydrogens is 174 g/mol. The highest BCUT2D eigenvalue weighted by atomic mass is 14.9. The molecule has 2 heterocycles. The molecule has 0 saturated heterocycles. The van der Waals surface area contributed by atoms with Crippen LogP contribution in [-0.4, -0.2) is 15.7 Å². The van der Waals surface area contributed by atoms with Crippen molar-refractivity contribution in [1.29, 1.82) is 0 Å². The van der Waals surface area contributed by atoms with Gasteiger partial charge < -0.3 is 0 Å². The third-order valence-corrected chi connectivity index (χ3v) is 2.52. The predicted molar refractivity (Wildman–Crippen MR) is 56.6 cm³/mol. The molecule has 0 saturated carbocycles.